The maximum absolute atomic E-state index is 11.0. The maximum Gasteiger partial charge on any atom is 0.148 e. The molecule has 0 aliphatic carbocycles. The number of hydrogen-bond acceptors (Lipinski definition) is 4. The third-order valence-corrected chi connectivity index (χ3v) is 4.31. The molecule has 1 aliphatic rings. The van der Waals surface area contributed by atoms with Gasteiger partial charge in [-0.25, -0.2) is 8.42 Å². The topological polar surface area (TPSA) is 87.2 Å². The van der Waals surface area contributed by atoms with E-state index in [0.29, 0.717) is 6.54 Å². The number of piperidine rings is 1. The molecule has 0 aromatic carbocycles. The van der Waals surface area contributed by atoms with Gasteiger partial charge in [0.05, 0.1) is 11.6 Å². The van der Waals surface area contributed by atoms with Crippen molar-refractivity contribution in [3.05, 3.63) is 0 Å². The molecule has 5 nitrogen and oxygen atoms in total. The van der Waals surface area contributed by atoms with Crippen molar-refractivity contribution < 1.29 is 8.42 Å². The molecule has 94 valence electrons. The van der Waals surface area contributed by atoms with Crippen molar-refractivity contribution in [1.82, 2.24) is 4.90 Å². The zero-order chi connectivity index (χ0) is 12.4. The molecule has 3 N–H and O–H groups in total. The molecular formula is C10H21N3O2S. The summed E-state index contributed by atoms with van der Waals surface area (Å²) in [6.07, 6.45) is 2.94. The predicted octanol–water partition coefficient (Wildman–Crippen LogP) is 0.0691. The summed E-state index contributed by atoms with van der Waals surface area (Å²) in [4.78, 5) is 2.13. The standard InChI is InChI=1S/C10H21N3O2S/c1-10(9(11)12)3-5-13(6-4-10)7-8-16(2,14)15/h3-8H2,1-2H3,(H3,11,12). The fourth-order valence-corrected chi connectivity index (χ4v) is 2.42. The van der Waals surface area contributed by atoms with Crippen LogP contribution in [0.1, 0.15) is 19.8 Å². The highest BCUT2D eigenvalue weighted by atomic mass is 32.2. The van der Waals surface area contributed by atoms with Crippen LogP contribution in [-0.4, -0.2) is 50.8 Å². The molecule has 0 unspecified atom stereocenters. The highest BCUT2D eigenvalue weighted by Gasteiger charge is 2.32. The SMILES string of the molecule is CC1(C(=N)N)CCN(CCS(C)(=O)=O)CC1. The summed E-state index contributed by atoms with van der Waals surface area (Å²) in [5.74, 6) is 0.458. The van der Waals surface area contributed by atoms with Gasteiger partial charge in [0.2, 0.25) is 0 Å². The van der Waals surface area contributed by atoms with Crippen LogP contribution >= 0.6 is 0 Å². The third-order valence-electron chi connectivity index (χ3n) is 3.39. The smallest absolute Gasteiger partial charge is 0.148 e. The molecule has 0 spiro atoms. The zero-order valence-electron chi connectivity index (χ0n) is 9.99. The molecular weight excluding hydrogens is 226 g/mol. The van der Waals surface area contributed by atoms with Crippen LogP contribution in [0.15, 0.2) is 0 Å². The monoisotopic (exact) mass is 247 g/mol. The van der Waals surface area contributed by atoms with Crippen LogP contribution < -0.4 is 5.73 Å². The maximum atomic E-state index is 11.0. The van der Waals surface area contributed by atoms with Gasteiger partial charge in [0, 0.05) is 18.2 Å². The lowest BCUT2D eigenvalue weighted by molar-refractivity contribution is 0.170. The molecule has 0 saturated carbocycles. The molecule has 1 rings (SSSR count). The predicted molar refractivity (Wildman–Crippen MR) is 65.4 cm³/mol. The van der Waals surface area contributed by atoms with E-state index in [1.54, 1.807) is 0 Å². The molecule has 6 heteroatoms. The molecule has 1 aliphatic heterocycles. The molecule has 1 heterocycles. The van der Waals surface area contributed by atoms with E-state index in [1.165, 1.54) is 6.26 Å². The summed E-state index contributed by atoms with van der Waals surface area (Å²) < 4.78 is 22.1. The second-order valence-electron chi connectivity index (χ2n) is 4.95. The zero-order valence-corrected chi connectivity index (χ0v) is 10.8. The van der Waals surface area contributed by atoms with E-state index in [9.17, 15) is 8.42 Å². The Bertz CT molecular complexity index is 356. The summed E-state index contributed by atoms with van der Waals surface area (Å²) in [7, 11) is -2.88. The van der Waals surface area contributed by atoms with Gasteiger partial charge in [-0.15, -0.1) is 0 Å². The van der Waals surface area contributed by atoms with Gasteiger partial charge in [-0.3, -0.25) is 5.41 Å². The van der Waals surface area contributed by atoms with Gasteiger partial charge in [0.15, 0.2) is 0 Å². The Kier molecular flexibility index (Phi) is 3.96. The summed E-state index contributed by atoms with van der Waals surface area (Å²) in [6, 6.07) is 0. The second kappa shape index (κ2) is 4.71. The van der Waals surface area contributed by atoms with Crippen LogP contribution in [0.2, 0.25) is 0 Å². The first kappa shape index (κ1) is 13.4. The minimum atomic E-state index is -2.88. The molecule has 16 heavy (non-hydrogen) atoms. The fraction of sp³-hybridized carbons (Fsp3) is 0.900. The van der Waals surface area contributed by atoms with E-state index in [1.807, 2.05) is 6.92 Å². The summed E-state index contributed by atoms with van der Waals surface area (Å²) in [5.41, 5.74) is 5.37. The molecule has 0 bridgehead atoms. The second-order valence-corrected chi connectivity index (χ2v) is 7.21. The number of nitrogens with two attached hydrogens (primary N) is 1. The van der Waals surface area contributed by atoms with Crippen molar-refractivity contribution in [2.45, 2.75) is 19.8 Å². The van der Waals surface area contributed by atoms with Crippen LogP contribution in [0.25, 0.3) is 0 Å². The van der Waals surface area contributed by atoms with Crippen LogP contribution in [0.4, 0.5) is 0 Å². The van der Waals surface area contributed by atoms with Crippen LogP contribution in [0.3, 0.4) is 0 Å². The number of amidine groups is 1. The van der Waals surface area contributed by atoms with E-state index < -0.39 is 9.84 Å². The Morgan fingerprint density at radius 2 is 1.94 bits per heavy atom. The number of nitrogens with one attached hydrogen (secondary N) is 1. The Morgan fingerprint density at radius 3 is 2.31 bits per heavy atom. The highest BCUT2D eigenvalue weighted by molar-refractivity contribution is 7.90. The summed E-state index contributed by atoms with van der Waals surface area (Å²) in [6.45, 7) is 4.24. The van der Waals surface area contributed by atoms with Gasteiger partial charge < -0.3 is 10.6 Å². The largest absolute Gasteiger partial charge is 0.387 e. The molecule has 0 amide bonds. The van der Waals surface area contributed by atoms with Gasteiger partial charge >= 0.3 is 0 Å². The first-order chi connectivity index (χ1) is 7.23. The van der Waals surface area contributed by atoms with Crippen LogP contribution in [-0.2, 0) is 9.84 Å². The van der Waals surface area contributed by atoms with E-state index in [4.69, 9.17) is 11.1 Å². The summed E-state index contributed by atoms with van der Waals surface area (Å²) in [5, 5.41) is 7.52. The Labute approximate surface area is 97.4 Å². The molecule has 0 aromatic heterocycles. The van der Waals surface area contributed by atoms with Crippen molar-refractivity contribution in [3.63, 3.8) is 0 Å². The molecule has 0 atom stereocenters. The van der Waals surface area contributed by atoms with Gasteiger partial charge in [0.1, 0.15) is 9.84 Å². The lowest BCUT2D eigenvalue weighted by atomic mass is 9.79. The van der Waals surface area contributed by atoms with Crippen LogP contribution in [0, 0.1) is 10.8 Å². The fourth-order valence-electron chi connectivity index (χ4n) is 1.83. The van der Waals surface area contributed by atoms with Gasteiger partial charge in [-0.05, 0) is 25.9 Å². The average Bonchev–Trinajstić information content (AvgIpc) is 2.15. The van der Waals surface area contributed by atoms with Crippen molar-refractivity contribution in [2.75, 3.05) is 31.6 Å². The molecule has 0 radical (unpaired) electrons. The molecule has 0 aromatic rings. The minimum absolute atomic E-state index is 0.193. The van der Waals surface area contributed by atoms with Crippen molar-refractivity contribution in [3.8, 4) is 0 Å². The Morgan fingerprint density at radius 1 is 1.44 bits per heavy atom. The van der Waals surface area contributed by atoms with E-state index in [-0.39, 0.29) is 17.0 Å². The van der Waals surface area contributed by atoms with E-state index >= 15 is 0 Å². The summed E-state index contributed by atoms with van der Waals surface area (Å²) >= 11 is 0. The number of sulfone groups is 1. The van der Waals surface area contributed by atoms with Gasteiger partial charge in [0.25, 0.3) is 0 Å². The number of nitrogens with zero attached hydrogens (tertiary/aromatic N) is 1. The first-order valence-electron chi connectivity index (χ1n) is 5.47. The Balaban J connectivity index is 2.41. The van der Waals surface area contributed by atoms with E-state index in [0.717, 1.165) is 25.9 Å². The van der Waals surface area contributed by atoms with Crippen molar-refractivity contribution in [1.29, 1.82) is 5.41 Å². The normalized spacial score (nSPS) is 21.9. The highest BCUT2D eigenvalue weighted by Crippen LogP contribution is 2.30. The molecule has 1 fully saturated rings. The lowest BCUT2D eigenvalue weighted by Gasteiger charge is -2.38. The van der Waals surface area contributed by atoms with Crippen molar-refractivity contribution >= 4 is 15.7 Å². The quantitative estimate of drug-likeness (QED) is 0.543. The Hall–Kier alpha value is -0.620. The number of hydrogen-bond donors (Lipinski definition) is 2. The molecule has 1 saturated heterocycles. The van der Waals surface area contributed by atoms with Gasteiger partial charge in [-0.2, -0.15) is 0 Å². The first-order valence-corrected chi connectivity index (χ1v) is 7.54. The van der Waals surface area contributed by atoms with Crippen molar-refractivity contribution in [2.24, 2.45) is 11.1 Å². The number of likely N-dealkylation sites (tertiary alicyclic amines) is 1. The minimum Gasteiger partial charge on any atom is -0.387 e. The van der Waals surface area contributed by atoms with Crippen LogP contribution in [0.5, 0.6) is 0 Å². The lowest BCUT2D eigenvalue weighted by Crippen LogP contribution is -2.46. The number of rotatable bonds is 4. The average molecular weight is 247 g/mol. The van der Waals surface area contributed by atoms with Gasteiger partial charge in [-0.1, -0.05) is 6.92 Å². The third kappa shape index (κ3) is 3.75. The van der Waals surface area contributed by atoms with E-state index in [2.05, 4.69) is 4.90 Å².